The molecule has 0 unspecified atom stereocenters. The zero-order valence-electron chi connectivity index (χ0n) is 13.4. The van der Waals surface area contributed by atoms with E-state index in [1.54, 1.807) is 13.8 Å². The number of esters is 2. The molecule has 0 fully saturated rings. The van der Waals surface area contributed by atoms with Gasteiger partial charge in [-0.25, -0.2) is 9.59 Å². The van der Waals surface area contributed by atoms with Crippen LogP contribution in [0.5, 0.6) is 0 Å². The minimum absolute atomic E-state index is 0.133. The Labute approximate surface area is 130 Å². The van der Waals surface area contributed by atoms with E-state index in [0.29, 0.717) is 0 Å². The van der Waals surface area contributed by atoms with E-state index in [-0.39, 0.29) is 13.2 Å². The second-order valence-electron chi connectivity index (χ2n) is 4.29. The Morgan fingerprint density at radius 3 is 1.73 bits per heavy atom. The molecule has 0 aromatic heterocycles. The van der Waals surface area contributed by atoms with Crippen LogP contribution in [-0.2, 0) is 23.9 Å². The first kappa shape index (κ1) is 19.6. The fourth-order valence-corrected chi connectivity index (χ4v) is 1.40. The average Bonchev–Trinajstić information content (AvgIpc) is 2.46. The zero-order valence-corrected chi connectivity index (χ0v) is 13.4. The summed E-state index contributed by atoms with van der Waals surface area (Å²) in [4.78, 5) is 33.3. The maximum absolute atomic E-state index is 11.3. The smallest absolute Gasteiger partial charge is 0.340 e. The normalized spacial score (nSPS) is 9.32. The molecule has 1 amide bonds. The van der Waals surface area contributed by atoms with Gasteiger partial charge in [-0.2, -0.15) is 0 Å². The Balaban J connectivity index is 0.000000518. The van der Waals surface area contributed by atoms with Gasteiger partial charge in [0, 0.05) is 6.92 Å². The molecule has 0 saturated carbocycles. The van der Waals surface area contributed by atoms with Gasteiger partial charge in [0.25, 0.3) is 0 Å². The second-order valence-corrected chi connectivity index (χ2v) is 4.29. The number of nitrogens with one attached hydrogen (secondary N) is 1. The molecule has 1 N–H and O–H groups in total. The Morgan fingerprint density at radius 2 is 1.45 bits per heavy atom. The highest BCUT2D eigenvalue weighted by molar-refractivity contribution is 6.02. The molecule has 0 radical (unpaired) electrons. The summed E-state index contributed by atoms with van der Waals surface area (Å²) >= 11 is 0. The summed E-state index contributed by atoms with van der Waals surface area (Å²) in [5.74, 6) is -2.13. The van der Waals surface area contributed by atoms with Crippen LogP contribution in [0.4, 0.5) is 0 Å². The molecule has 0 aliphatic rings. The van der Waals surface area contributed by atoms with Crippen molar-refractivity contribution in [1.29, 1.82) is 0 Å². The van der Waals surface area contributed by atoms with Gasteiger partial charge in [-0.15, -0.1) is 0 Å². The number of carbonyl (C=O) groups is 3. The highest BCUT2D eigenvalue weighted by Crippen LogP contribution is 1.94. The summed E-state index contributed by atoms with van der Waals surface area (Å²) < 4.78 is 9.24. The Morgan fingerprint density at radius 1 is 1.00 bits per heavy atom. The number of hydrogen-bond donors (Lipinski definition) is 1. The van der Waals surface area contributed by atoms with Crippen molar-refractivity contribution in [2.24, 2.45) is 0 Å². The van der Waals surface area contributed by atoms with Crippen LogP contribution in [0.15, 0.2) is 30.3 Å². The molecule has 6 heteroatoms. The van der Waals surface area contributed by atoms with Crippen molar-refractivity contribution in [2.75, 3.05) is 13.2 Å². The lowest BCUT2D eigenvalue weighted by Crippen LogP contribution is -2.47. The molecule has 0 aliphatic heterocycles. The fraction of sp³-hybridized carbons (Fsp3) is 0.438. The quantitative estimate of drug-likeness (QED) is 0.660. The van der Waals surface area contributed by atoms with Gasteiger partial charge in [-0.05, 0) is 20.8 Å². The van der Waals surface area contributed by atoms with E-state index in [1.807, 2.05) is 18.2 Å². The van der Waals surface area contributed by atoms with Gasteiger partial charge < -0.3 is 14.8 Å². The Hall–Kier alpha value is -2.37. The molecule has 1 rings (SSSR count). The third-order valence-electron chi connectivity index (χ3n) is 2.33. The monoisotopic (exact) mass is 309 g/mol. The van der Waals surface area contributed by atoms with Crippen LogP contribution in [-0.4, -0.2) is 37.1 Å². The van der Waals surface area contributed by atoms with E-state index >= 15 is 0 Å². The lowest BCUT2D eigenvalue weighted by Gasteiger charge is -2.14. The zero-order chi connectivity index (χ0) is 17.0. The highest BCUT2D eigenvalue weighted by atomic mass is 16.6. The van der Waals surface area contributed by atoms with Gasteiger partial charge in [0.2, 0.25) is 11.9 Å². The van der Waals surface area contributed by atoms with E-state index in [9.17, 15) is 14.4 Å². The van der Waals surface area contributed by atoms with Gasteiger partial charge in [-0.1, -0.05) is 35.9 Å². The van der Waals surface area contributed by atoms with Gasteiger partial charge in [0.05, 0.1) is 13.2 Å². The summed E-state index contributed by atoms with van der Waals surface area (Å²) in [5, 5.41) is 2.16. The molecular weight excluding hydrogens is 286 g/mol. The number of rotatable bonds is 5. The third-order valence-corrected chi connectivity index (χ3v) is 2.33. The highest BCUT2D eigenvalue weighted by Gasteiger charge is 2.30. The standard InChI is InChI=1S/C9H15NO5.C7H8/c1-4-14-8(12)7(10-6(3)11)9(13)15-5-2;1-7-5-3-2-4-6-7/h7H,4-5H2,1-3H3,(H,10,11);2-6H,1H3. The Kier molecular flexibility index (Phi) is 10.1. The number of aryl methyl sites for hydroxylation is 1. The molecule has 22 heavy (non-hydrogen) atoms. The van der Waals surface area contributed by atoms with Crippen LogP contribution in [0.25, 0.3) is 0 Å². The summed E-state index contributed by atoms with van der Waals surface area (Å²) in [7, 11) is 0. The molecule has 1 aromatic carbocycles. The predicted molar refractivity (Wildman–Crippen MR) is 82.0 cm³/mol. The Bertz CT molecular complexity index is 455. The molecule has 0 aliphatic carbocycles. The predicted octanol–water partition coefficient (Wildman–Crippen LogP) is 1.61. The van der Waals surface area contributed by atoms with Gasteiger partial charge in [0.15, 0.2) is 0 Å². The first-order valence-corrected chi connectivity index (χ1v) is 7.04. The molecule has 0 bridgehead atoms. The number of benzene rings is 1. The minimum atomic E-state index is -1.37. The van der Waals surface area contributed by atoms with Crippen LogP contribution in [0, 0.1) is 6.92 Å². The third kappa shape index (κ3) is 8.73. The lowest BCUT2D eigenvalue weighted by atomic mass is 10.2. The second kappa shape index (κ2) is 11.3. The van der Waals surface area contributed by atoms with Gasteiger partial charge >= 0.3 is 11.9 Å². The van der Waals surface area contributed by atoms with E-state index < -0.39 is 23.9 Å². The van der Waals surface area contributed by atoms with Crippen molar-refractivity contribution in [3.8, 4) is 0 Å². The SMILES string of the molecule is CCOC(=O)C(NC(C)=O)C(=O)OCC.Cc1ccccc1. The van der Waals surface area contributed by atoms with Crippen LogP contribution in [0.1, 0.15) is 26.3 Å². The number of carbonyl (C=O) groups excluding carboxylic acids is 3. The summed E-state index contributed by atoms with van der Waals surface area (Å²) in [6, 6.07) is 8.89. The maximum Gasteiger partial charge on any atom is 0.340 e. The van der Waals surface area contributed by atoms with E-state index in [1.165, 1.54) is 12.5 Å². The molecule has 122 valence electrons. The summed E-state index contributed by atoms with van der Waals surface area (Å²) in [6.45, 7) is 6.76. The first-order chi connectivity index (χ1) is 10.4. The van der Waals surface area contributed by atoms with Crippen molar-refractivity contribution in [3.05, 3.63) is 35.9 Å². The van der Waals surface area contributed by atoms with Crippen molar-refractivity contribution in [2.45, 2.75) is 33.7 Å². The minimum Gasteiger partial charge on any atom is -0.464 e. The van der Waals surface area contributed by atoms with Crippen molar-refractivity contribution in [3.63, 3.8) is 0 Å². The van der Waals surface area contributed by atoms with Crippen LogP contribution >= 0.6 is 0 Å². The van der Waals surface area contributed by atoms with Crippen molar-refractivity contribution >= 4 is 17.8 Å². The molecule has 0 heterocycles. The summed E-state index contributed by atoms with van der Waals surface area (Å²) in [5.41, 5.74) is 1.32. The number of amides is 1. The average molecular weight is 309 g/mol. The summed E-state index contributed by atoms with van der Waals surface area (Å²) in [6.07, 6.45) is 0. The topological polar surface area (TPSA) is 81.7 Å². The van der Waals surface area contributed by atoms with E-state index in [2.05, 4.69) is 33.8 Å². The van der Waals surface area contributed by atoms with Crippen LogP contribution in [0.3, 0.4) is 0 Å². The van der Waals surface area contributed by atoms with Gasteiger partial charge in [-0.3, -0.25) is 4.79 Å². The van der Waals surface area contributed by atoms with Crippen molar-refractivity contribution < 1.29 is 23.9 Å². The van der Waals surface area contributed by atoms with Crippen LogP contribution in [0.2, 0.25) is 0 Å². The fourth-order valence-electron chi connectivity index (χ4n) is 1.40. The molecule has 0 saturated heterocycles. The van der Waals surface area contributed by atoms with Crippen molar-refractivity contribution in [1.82, 2.24) is 5.32 Å². The molecule has 0 atom stereocenters. The molecular formula is C16H23NO5. The number of ether oxygens (including phenoxy) is 2. The number of hydrogen-bond acceptors (Lipinski definition) is 5. The van der Waals surface area contributed by atoms with E-state index in [4.69, 9.17) is 0 Å². The molecule has 0 spiro atoms. The largest absolute Gasteiger partial charge is 0.464 e. The molecule has 6 nitrogen and oxygen atoms in total. The van der Waals surface area contributed by atoms with E-state index in [0.717, 1.165) is 0 Å². The maximum atomic E-state index is 11.3. The first-order valence-electron chi connectivity index (χ1n) is 7.04. The molecule has 1 aromatic rings. The lowest BCUT2D eigenvalue weighted by molar-refractivity contribution is -0.159. The van der Waals surface area contributed by atoms with Gasteiger partial charge in [0.1, 0.15) is 0 Å². The van der Waals surface area contributed by atoms with Crippen LogP contribution < -0.4 is 5.32 Å².